The van der Waals surface area contributed by atoms with Crippen molar-refractivity contribution < 1.29 is 19.1 Å². The predicted molar refractivity (Wildman–Crippen MR) is 73.5 cm³/mol. The molecule has 0 radical (unpaired) electrons. The standard InChI is InChI=1S/C14H20N2O4/c1-5-20-13-10(7-6-8-15-13)12(17)16-11(9(2)3)14(18)19-4/h6-9,11H,5H2,1-4H3,(H,16,17). The summed E-state index contributed by atoms with van der Waals surface area (Å²) < 4.78 is 9.99. The third kappa shape index (κ3) is 3.94. The second kappa shape index (κ2) is 7.47. The number of rotatable bonds is 6. The van der Waals surface area contributed by atoms with E-state index in [1.807, 2.05) is 20.8 Å². The number of ether oxygens (including phenoxy) is 2. The van der Waals surface area contributed by atoms with Crippen molar-refractivity contribution in [1.29, 1.82) is 0 Å². The zero-order valence-electron chi connectivity index (χ0n) is 12.2. The molecule has 0 saturated carbocycles. The van der Waals surface area contributed by atoms with Crippen LogP contribution in [0.15, 0.2) is 18.3 Å². The molecule has 1 atom stereocenters. The van der Waals surface area contributed by atoms with Crippen molar-refractivity contribution in [2.75, 3.05) is 13.7 Å². The Balaban J connectivity index is 2.92. The number of carbonyl (C=O) groups is 2. The van der Waals surface area contributed by atoms with Crippen LogP contribution in [-0.4, -0.2) is 36.6 Å². The fourth-order valence-corrected chi connectivity index (χ4v) is 1.66. The monoisotopic (exact) mass is 280 g/mol. The van der Waals surface area contributed by atoms with Crippen molar-refractivity contribution in [1.82, 2.24) is 10.3 Å². The zero-order valence-corrected chi connectivity index (χ0v) is 12.2. The molecule has 0 aliphatic heterocycles. The van der Waals surface area contributed by atoms with Crippen LogP contribution < -0.4 is 10.1 Å². The number of nitrogens with zero attached hydrogens (tertiary/aromatic N) is 1. The average molecular weight is 280 g/mol. The molecule has 1 N–H and O–H groups in total. The van der Waals surface area contributed by atoms with Gasteiger partial charge in [-0.25, -0.2) is 9.78 Å². The average Bonchev–Trinajstić information content (AvgIpc) is 2.44. The predicted octanol–water partition coefficient (Wildman–Crippen LogP) is 1.41. The molecule has 20 heavy (non-hydrogen) atoms. The van der Waals surface area contributed by atoms with Gasteiger partial charge in [0.15, 0.2) is 0 Å². The van der Waals surface area contributed by atoms with Gasteiger partial charge in [-0.15, -0.1) is 0 Å². The molecule has 0 aromatic carbocycles. The normalized spacial score (nSPS) is 11.8. The highest BCUT2D eigenvalue weighted by atomic mass is 16.5. The number of hydrogen-bond donors (Lipinski definition) is 1. The quantitative estimate of drug-likeness (QED) is 0.797. The van der Waals surface area contributed by atoms with Crippen LogP contribution in [0.3, 0.4) is 0 Å². The highest BCUT2D eigenvalue weighted by Gasteiger charge is 2.26. The summed E-state index contributed by atoms with van der Waals surface area (Å²) in [6.45, 7) is 5.87. The number of aromatic nitrogens is 1. The molecule has 0 saturated heterocycles. The van der Waals surface area contributed by atoms with Gasteiger partial charge in [0, 0.05) is 6.20 Å². The third-order valence-electron chi connectivity index (χ3n) is 2.71. The van der Waals surface area contributed by atoms with Gasteiger partial charge >= 0.3 is 5.97 Å². The molecule has 0 spiro atoms. The van der Waals surface area contributed by atoms with Crippen molar-refractivity contribution in [3.63, 3.8) is 0 Å². The molecule has 110 valence electrons. The van der Waals surface area contributed by atoms with Crippen molar-refractivity contribution >= 4 is 11.9 Å². The number of nitrogens with one attached hydrogen (secondary N) is 1. The number of methoxy groups -OCH3 is 1. The van der Waals surface area contributed by atoms with Crippen molar-refractivity contribution in [3.8, 4) is 5.88 Å². The van der Waals surface area contributed by atoms with E-state index in [1.165, 1.54) is 7.11 Å². The summed E-state index contributed by atoms with van der Waals surface area (Å²) in [6, 6.07) is 2.53. The van der Waals surface area contributed by atoms with Gasteiger partial charge in [0.25, 0.3) is 5.91 Å². The lowest BCUT2D eigenvalue weighted by atomic mass is 10.0. The van der Waals surface area contributed by atoms with E-state index in [0.29, 0.717) is 12.2 Å². The summed E-state index contributed by atoms with van der Waals surface area (Å²) in [5, 5.41) is 2.65. The molecule has 1 aromatic rings. The Kier molecular flexibility index (Phi) is 5.96. The highest BCUT2D eigenvalue weighted by molar-refractivity contribution is 5.98. The lowest BCUT2D eigenvalue weighted by molar-refractivity contribution is -0.144. The maximum atomic E-state index is 12.2. The van der Waals surface area contributed by atoms with E-state index < -0.39 is 17.9 Å². The van der Waals surface area contributed by atoms with Gasteiger partial charge in [0.1, 0.15) is 11.6 Å². The number of hydrogen-bond acceptors (Lipinski definition) is 5. The summed E-state index contributed by atoms with van der Waals surface area (Å²) in [5.74, 6) is -0.723. The highest BCUT2D eigenvalue weighted by Crippen LogP contribution is 2.15. The third-order valence-corrected chi connectivity index (χ3v) is 2.71. The van der Waals surface area contributed by atoms with E-state index in [1.54, 1.807) is 18.3 Å². The van der Waals surface area contributed by atoms with E-state index in [9.17, 15) is 9.59 Å². The Bertz CT molecular complexity index is 474. The molecule has 0 aliphatic rings. The number of esters is 1. The van der Waals surface area contributed by atoms with Crippen LogP contribution in [0.25, 0.3) is 0 Å². The smallest absolute Gasteiger partial charge is 0.328 e. The van der Waals surface area contributed by atoms with Crippen LogP contribution in [0.4, 0.5) is 0 Å². The van der Waals surface area contributed by atoms with Gasteiger partial charge in [-0.05, 0) is 25.0 Å². The van der Waals surface area contributed by atoms with E-state index in [-0.39, 0.29) is 11.8 Å². The summed E-state index contributed by atoms with van der Waals surface area (Å²) in [4.78, 5) is 27.9. The lowest BCUT2D eigenvalue weighted by Gasteiger charge is -2.20. The van der Waals surface area contributed by atoms with Gasteiger partial charge in [0.05, 0.1) is 13.7 Å². The van der Waals surface area contributed by atoms with E-state index in [2.05, 4.69) is 15.0 Å². The largest absolute Gasteiger partial charge is 0.477 e. The molecule has 6 nitrogen and oxygen atoms in total. The molecule has 6 heteroatoms. The molecule has 1 unspecified atom stereocenters. The number of amides is 1. The fraction of sp³-hybridized carbons (Fsp3) is 0.500. The SMILES string of the molecule is CCOc1ncccc1C(=O)NC(C(=O)OC)C(C)C. The summed E-state index contributed by atoms with van der Waals surface area (Å²) >= 11 is 0. The van der Waals surface area contributed by atoms with Gasteiger partial charge in [-0.1, -0.05) is 13.8 Å². The summed E-state index contributed by atoms with van der Waals surface area (Å²) in [5.41, 5.74) is 0.295. The Labute approximate surface area is 118 Å². The van der Waals surface area contributed by atoms with Gasteiger partial charge < -0.3 is 14.8 Å². The first-order valence-corrected chi connectivity index (χ1v) is 6.47. The van der Waals surface area contributed by atoms with Gasteiger partial charge in [-0.3, -0.25) is 4.79 Å². The van der Waals surface area contributed by atoms with Crippen LogP contribution in [-0.2, 0) is 9.53 Å². The molecule has 1 amide bonds. The minimum Gasteiger partial charge on any atom is -0.477 e. The van der Waals surface area contributed by atoms with E-state index in [0.717, 1.165) is 0 Å². The second-order valence-electron chi connectivity index (χ2n) is 4.51. The number of pyridine rings is 1. The molecular formula is C14H20N2O4. The van der Waals surface area contributed by atoms with Gasteiger partial charge in [-0.2, -0.15) is 0 Å². The lowest BCUT2D eigenvalue weighted by Crippen LogP contribution is -2.45. The molecule has 0 aliphatic carbocycles. The summed E-state index contributed by atoms with van der Waals surface area (Å²) in [6.07, 6.45) is 1.54. The Morgan fingerprint density at radius 2 is 2.10 bits per heavy atom. The molecular weight excluding hydrogens is 260 g/mol. The van der Waals surface area contributed by atoms with Crippen LogP contribution in [0.5, 0.6) is 5.88 Å². The van der Waals surface area contributed by atoms with Crippen molar-refractivity contribution in [2.45, 2.75) is 26.8 Å². The maximum Gasteiger partial charge on any atom is 0.328 e. The minimum atomic E-state index is -0.706. The first-order valence-electron chi connectivity index (χ1n) is 6.47. The fourth-order valence-electron chi connectivity index (χ4n) is 1.66. The summed E-state index contributed by atoms with van der Waals surface area (Å²) in [7, 11) is 1.29. The van der Waals surface area contributed by atoms with E-state index in [4.69, 9.17) is 4.74 Å². The Morgan fingerprint density at radius 3 is 2.65 bits per heavy atom. The first kappa shape index (κ1) is 15.9. The van der Waals surface area contributed by atoms with Crippen LogP contribution >= 0.6 is 0 Å². The van der Waals surface area contributed by atoms with Crippen LogP contribution in [0.2, 0.25) is 0 Å². The second-order valence-corrected chi connectivity index (χ2v) is 4.51. The Morgan fingerprint density at radius 1 is 1.40 bits per heavy atom. The van der Waals surface area contributed by atoms with Crippen molar-refractivity contribution in [3.05, 3.63) is 23.9 Å². The molecule has 0 bridgehead atoms. The molecule has 1 heterocycles. The van der Waals surface area contributed by atoms with Crippen LogP contribution in [0.1, 0.15) is 31.1 Å². The topological polar surface area (TPSA) is 77.5 Å². The number of carbonyl (C=O) groups excluding carboxylic acids is 2. The minimum absolute atomic E-state index is 0.0846. The van der Waals surface area contributed by atoms with Crippen molar-refractivity contribution in [2.24, 2.45) is 5.92 Å². The van der Waals surface area contributed by atoms with E-state index >= 15 is 0 Å². The molecule has 1 rings (SSSR count). The van der Waals surface area contributed by atoms with Crippen LogP contribution in [0, 0.1) is 5.92 Å². The molecule has 0 fully saturated rings. The maximum absolute atomic E-state index is 12.2. The first-order chi connectivity index (χ1) is 9.51. The molecule has 1 aromatic heterocycles. The van der Waals surface area contributed by atoms with Gasteiger partial charge in [0.2, 0.25) is 5.88 Å². The zero-order chi connectivity index (χ0) is 15.1. The Hall–Kier alpha value is -2.11.